The van der Waals surface area contributed by atoms with Crippen LogP contribution in [0.5, 0.6) is 11.5 Å². The molecule has 0 saturated carbocycles. The van der Waals surface area contributed by atoms with Crippen molar-refractivity contribution in [2.45, 2.75) is 25.4 Å². The van der Waals surface area contributed by atoms with Gasteiger partial charge in [0.1, 0.15) is 16.4 Å². The molecule has 0 radical (unpaired) electrons. The molecule has 0 aliphatic rings. The van der Waals surface area contributed by atoms with E-state index in [0.29, 0.717) is 11.1 Å². The molecular weight excluding hydrogens is 328 g/mol. The lowest BCUT2D eigenvalue weighted by Crippen LogP contribution is -2.16. The first-order chi connectivity index (χ1) is 10.7. The zero-order valence-electron chi connectivity index (χ0n) is 12.4. The van der Waals surface area contributed by atoms with Gasteiger partial charge in [0.15, 0.2) is 0 Å². The molecule has 8 heteroatoms. The van der Waals surface area contributed by atoms with Crippen LogP contribution in [0.3, 0.4) is 0 Å². The van der Waals surface area contributed by atoms with Gasteiger partial charge >= 0.3 is 6.61 Å². The van der Waals surface area contributed by atoms with Gasteiger partial charge in [-0.2, -0.15) is 8.78 Å². The summed E-state index contributed by atoms with van der Waals surface area (Å²) in [6, 6.07) is 8.11. The van der Waals surface area contributed by atoms with Crippen LogP contribution in [0.4, 0.5) is 14.5 Å². The van der Waals surface area contributed by atoms with Crippen LogP contribution < -0.4 is 9.46 Å². The molecule has 0 spiro atoms. The third-order valence-electron chi connectivity index (χ3n) is 3.23. The van der Waals surface area contributed by atoms with Gasteiger partial charge in [-0.3, -0.25) is 4.72 Å². The fraction of sp³-hybridized carbons (Fsp3) is 0.200. The molecule has 2 aromatic carbocycles. The summed E-state index contributed by atoms with van der Waals surface area (Å²) >= 11 is 0. The molecule has 0 saturated heterocycles. The maximum Gasteiger partial charge on any atom is 0.387 e. The number of aromatic hydroxyl groups is 1. The minimum absolute atomic E-state index is 0.0395. The number of aryl methyl sites for hydroxylation is 1. The monoisotopic (exact) mass is 343 g/mol. The number of hydrogen-bond donors (Lipinski definition) is 2. The molecule has 23 heavy (non-hydrogen) atoms. The molecule has 5 nitrogen and oxygen atoms in total. The van der Waals surface area contributed by atoms with Crippen molar-refractivity contribution in [2.24, 2.45) is 0 Å². The Morgan fingerprint density at radius 3 is 2.43 bits per heavy atom. The lowest BCUT2D eigenvalue weighted by Gasteiger charge is -2.15. The summed E-state index contributed by atoms with van der Waals surface area (Å²) in [5.74, 6) is -0.494. The molecule has 2 rings (SSSR count). The molecule has 0 heterocycles. The zero-order chi connectivity index (χ0) is 17.2. The average molecular weight is 343 g/mol. The molecule has 0 aliphatic heterocycles. The van der Waals surface area contributed by atoms with E-state index in [2.05, 4.69) is 9.46 Å². The summed E-state index contributed by atoms with van der Waals surface area (Å²) in [6.45, 7) is 0.0743. The highest BCUT2D eigenvalue weighted by Gasteiger charge is 2.22. The van der Waals surface area contributed by atoms with E-state index in [1.807, 2.05) is 0 Å². The Bertz CT molecular complexity index is 822. The number of hydrogen-bond acceptors (Lipinski definition) is 4. The van der Waals surface area contributed by atoms with E-state index in [4.69, 9.17) is 0 Å². The fourth-order valence-electron chi connectivity index (χ4n) is 2.01. The summed E-state index contributed by atoms with van der Waals surface area (Å²) in [4.78, 5) is -0.417. The average Bonchev–Trinajstić information content (AvgIpc) is 2.48. The summed E-state index contributed by atoms with van der Waals surface area (Å²) < 4.78 is 56.2. The molecular formula is C15H15F2NO4S. The molecule has 124 valence electrons. The smallest absolute Gasteiger partial charge is 0.387 e. The van der Waals surface area contributed by atoms with Crippen LogP contribution >= 0.6 is 0 Å². The summed E-state index contributed by atoms with van der Waals surface area (Å²) in [6.07, 6.45) is 0. The van der Waals surface area contributed by atoms with E-state index in [9.17, 15) is 22.3 Å². The van der Waals surface area contributed by atoms with Gasteiger partial charge < -0.3 is 9.84 Å². The molecule has 0 amide bonds. The van der Waals surface area contributed by atoms with Crippen molar-refractivity contribution in [1.29, 1.82) is 0 Å². The second-order valence-electron chi connectivity index (χ2n) is 4.83. The van der Waals surface area contributed by atoms with Gasteiger partial charge in [-0.25, -0.2) is 8.42 Å². The Kier molecular flexibility index (Phi) is 4.74. The van der Waals surface area contributed by atoms with Crippen LogP contribution in [0.1, 0.15) is 11.1 Å². The van der Waals surface area contributed by atoms with E-state index in [-0.39, 0.29) is 11.4 Å². The van der Waals surface area contributed by atoms with Crippen molar-refractivity contribution in [2.75, 3.05) is 4.72 Å². The molecule has 0 unspecified atom stereocenters. The minimum Gasteiger partial charge on any atom is -0.507 e. The number of benzene rings is 2. The predicted molar refractivity (Wildman–Crippen MR) is 81.5 cm³/mol. The second-order valence-corrected chi connectivity index (χ2v) is 6.49. The summed E-state index contributed by atoms with van der Waals surface area (Å²) in [5.41, 5.74) is 1.08. The van der Waals surface area contributed by atoms with E-state index in [0.717, 1.165) is 12.1 Å². The van der Waals surface area contributed by atoms with Crippen molar-refractivity contribution in [3.63, 3.8) is 0 Å². The van der Waals surface area contributed by atoms with Crippen molar-refractivity contribution < 1.29 is 27.0 Å². The highest BCUT2D eigenvalue weighted by molar-refractivity contribution is 7.92. The third kappa shape index (κ3) is 3.70. The molecule has 2 aromatic rings. The zero-order valence-corrected chi connectivity index (χ0v) is 13.2. The Balaban J connectivity index is 2.43. The van der Waals surface area contributed by atoms with Gasteiger partial charge in [0, 0.05) is 5.56 Å². The maximum atomic E-state index is 12.4. The quantitative estimate of drug-likeness (QED) is 0.872. The van der Waals surface area contributed by atoms with Crippen LogP contribution in [-0.2, 0) is 10.0 Å². The number of nitrogens with one attached hydrogen (secondary N) is 1. The molecule has 0 bridgehead atoms. The first-order valence-corrected chi connectivity index (χ1v) is 8.06. The number of anilines is 1. The molecule has 0 fully saturated rings. The van der Waals surface area contributed by atoms with Crippen LogP contribution in [-0.4, -0.2) is 20.1 Å². The van der Waals surface area contributed by atoms with Crippen molar-refractivity contribution in [3.05, 3.63) is 47.5 Å². The van der Waals surface area contributed by atoms with Gasteiger partial charge in [0.2, 0.25) is 0 Å². The SMILES string of the molecule is Cc1ccc(NS(=O)(=O)c2ccccc2OC(F)F)c(C)c1O. The van der Waals surface area contributed by atoms with Crippen LogP contribution in [0, 0.1) is 13.8 Å². The van der Waals surface area contributed by atoms with E-state index < -0.39 is 27.3 Å². The van der Waals surface area contributed by atoms with E-state index in [1.54, 1.807) is 19.9 Å². The highest BCUT2D eigenvalue weighted by Crippen LogP contribution is 2.31. The lowest BCUT2D eigenvalue weighted by atomic mass is 10.1. The van der Waals surface area contributed by atoms with Gasteiger partial charge in [0.25, 0.3) is 10.0 Å². The first-order valence-electron chi connectivity index (χ1n) is 6.58. The van der Waals surface area contributed by atoms with Crippen LogP contribution in [0.25, 0.3) is 0 Å². The molecule has 0 atom stereocenters. The largest absolute Gasteiger partial charge is 0.507 e. The van der Waals surface area contributed by atoms with Crippen molar-refractivity contribution in [1.82, 2.24) is 0 Å². The predicted octanol–water partition coefficient (Wildman–Crippen LogP) is 3.41. The number of phenolic OH excluding ortho intramolecular Hbond substituents is 1. The Morgan fingerprint density at radius 2 is 1.78 bits per heavy atom. The second kappa shape index (κ2) is 6.41. The molecule has 0 aliphatic carbocycles. The van der Waals surface area contributed by atoms with Crippen molar-refractivity contribution in [3.8, 4) is 11.5 Å². The normalized spacial score (nSPS) is 11.5. The number of ether oxygens (including phenoxy) is 1. The minimum atomic E-state index is -4.16. The summed E-state index contributed by atoms with van der Waals surface area (Å²) in [7, 11) is -4.16. The Morgan fingerprint density at radius 1 is 1.13 bits per heavy atom. The van der Waals surface area contributed by atoms with E-state index in [1.165, 1.54) is 18.2 Å². The Hall–Kier alpha value is -2.35. The third-order valence-corrected chi connectivity index (χ3v) is 4.64. The topological polar surface area (TPSA) is 75.6 Å². The van der Waals surface area contributed by atoms with Gasteiger partial charge in [0.05, 0.1) is 5.69 Å². The van der Waals surface area contributed by atoms with Crippen LogP contribution in [0.2, 0.25) is 0 Å². The standard InChI is InChI=1S/C15H15F2NO4S/c1-9-7-8-11(10(2)14(9)19)18-23(20,21)13-6-4-3-5-12(13)22-15(16)17/h3-8,15,18-19H,1-2H3. The van der Waals surface area contributed by atoms with Gasteiger partial charge in [-0.05, 0) is 37.6 Å². The number of halogens is 2. The number of rotatable bonds is 5. The molecule has 2 N–H and O–H groups in total. The first kappa shape index (κ1) is 17.0. The summed E-state index contributed by atoms with van der Waals surface area (Å²) in [5, 5.41) is 9.87. The molecule has 0 aromatic heterocycles. The number of sulfonamides is 1. The van der Waals surface area contributed by atoms with Crippen molar-refractivity contribution >= 4 is 15.7 Å². The highest BCUT2D eigenvalue weighted by atomic mass is 32.2. The van der Waals surface area contributed by atoms with Gasteiger partial charge in [-0.15, -0.1) is 0 Å². The number of alkyl halides is 2. The van der Waals surface area contributed by atoms with Gasteiger partial charge in [-0.1, -0.05) is 18.2 Å². The van der Waals surface area contributed by atoms with Crippen LogP contribution in [0.15, 0.2) is 41.3 Å². The number of phenols is 1. The Labute approximate surface area is 132 Å². The lowest BCUT2D eigenvalue weighted by molar-refractivity contribution is -0.0517. The maximum absolute atomic E-state index is 12.4. The number of para-hydroxylation sites is 1. The fourth-order valence-corrected chi connectivity index (χ4v) is 3.27. The van der Waals surface area contributed by atoms with E-state index >= 15 is 0 Å².